The van der Waals surface area contributed by atoms with Gasteiger partial charge in [-0.25, -0.2) is 14.0 Å². The number of allylic oxidation sites excluding steroid dienone is 1. The first kappa shape index (κ1) is 26.4. The molecule has 0 aliphatic carbocycles. The van der Waals surface area contributed by atoms with Crippen molar-refractivity contribution in [3.8, 4) is 11.8 Å². The summed E-state index contributed by atoms with van der Waals surface area (Å²) in [5, 5.41) is 9.98. The van der Waals surface area contributed by atoms with Crippen molar-refractivity contribution < 1.29 is 37.0 Å². The molecule has 0 aromatic heterocycles. The van der Waals surface area contributed by atoms with Crippen LogP contribution in [0.15, 0.2) is 77.3 Å². The van der Waals surface area contributed by atoms with E-state index in [2.05, 4.69) is 4.74 Å². The number of alkyl halides is 4. The number of ether oxygens (including phenoxy) is 3. The highest BCUT2D eigenvalue weighted by atomic mass is 35.5. The molecule has 3 rings (SSSR count). The minimum atomic E-state index is -4.31. The number of carbonyl (C=O) groups is 2. The molecule has 0 bridgehead atoms. The second-order valence-electron chi connectivity index (χ2n) is 7.29. The molecule has 1 aliphatic rings. The fourth-order valence-corrected chi connectivity index (χ4v) is 3.69. The third kappa shape index (κ3) is 4.94. The van der Waals surface area contributed by atoms with E-state index in [1.54, 1.807) is 30.3 Å². The van der Waals surface area contributed by atoms with Gasteiger partial charge >= 0.3 is 18.0 Å². The Hall–Kier alpha value is -4.17. The SMILES string of the molecule is COC(=O)C1=C(C(=O)OC)N(c2ccc(OC(F)(F)C(F)Cl)cc2)C(N)=C(C#N)C1c1ccccc1. The summed E-state index contributed by atoms with van der Waals surface area (Å²) in [6.45, 7) is 0. The van der Waals surface area contributed by atoms with Crippen LogP contribution in [0.4, 0.5) is 18.9 Å². The average Bonchev–Trinajstić information content (AvgIpc) is 2.87. The Morgan fingerprint density at radius 2 is 1.67 bits per heavy atom. The summed E-state index contributed by atoms with van der Waals surface area (Å²) in [6.07, 6.45) is -4.31. The van der Waals surface area contributed by atoms with Crippen molar-refractivity contribution in [3.63, 3.8) is 0 Å². The molecule has 12 heteroatoms. The molecule has 8 nitrogen and oxygen atoms in total. The van der Waals surface area contributed by atoms with E-state index < -0.39 is 35.3 Å². The molecule has 1 heterocycles. The van der Waals surface area contributed by atoms with Crippen LogP contribution >= 0.6 is 11.6 Å². The zero-order chi connectivity index (χ0) is 26.6. The van der Waals surface area contributed by atoms with Gasteiger partial charge in [0.1, 0.15) is 17.3 Å². The number of halogens is 4. The lowest BCUT2D eigenvalue weighted by Crippen LogP contribution is -2.40. The van der Waals surface area contributed by atoms with Crippen molar-refractivity contribution in [1.29, 1.82) is 5.26 Å². The van der Waals surface area contributed by atoms with Crippen LogP contribution < -0.4 is 15.4 Å². The molecule has 1 aliphatic heterocycles. The normalized spacial score (nSPS) is 16.8. The summed E-state index contributed by atoms with van der Waals surface area (Å²) in [7, 11) is 2.18. The van der Waals surface area contributed by atoms with Gasteiger partial charge in [0.05, 0.1) is 37.4 Å². The highest BCUT2D eigenvalue weighted by Gasteiger charge is 2.44. The maximum absolute atomic E-state index is 13.5. The predicted octanol–water partition coefficient (Wildman–Crippen LogP) is 4.09. The van der Waals surface area contributed by atoms with Crippen LogP contribution in [0.2, 0.25) is 0 Å². The number of esters is 2. The summed E-state index contributed by atoms with van der Waals surface area (Å²) in [6, 6.07) is 14.8. The van der Waals surface area contributed by atoms with Crippen molar-refractivity contribution in [2.24, 2.45) is 5.73 Å². The molecule has 0 fully saturated rings. The van der Waals surface area contributed by atoms with Crippen LogP contribution in [-0.4, -0.2) is 37.9 Å². The molecule has 2 unspecified atom stereocenters. The topological polar surface area (TPSA) is 115 Å². The molecule has 2 atom stereocenters. The number of nitrogens with two attached hydrogens (primary N) is 1. The van der Waals surface area contributed by atoms with Crippen LogP contribution in [0.25, 0.3) is 0 Å². The largest absolute Gasteiger partial charge is 0.466 e. The van der Waals surface area contributed by atoms with Gasteiger partial charge < -0.3 is 19.9 Å². The van der Waals surface area contributed by atoms with Crippen LogP contribution in [-0.2, 0) is 19.1 Å². The molecule has 0 amide bonds. The number of carbonyl (C=O) groups excluding carboxylic acids is 2. The monoisotopic (exact) mass is 521 g/mol. The first-order chi connectivity index (χ1) is 17.1. The fourth-order valence-electron chi connectivity index (χ4n) is 3.65. The Balaban J connectivity index is 2.24. The lowest BCUT2D eigenvalue weighted by atomic mass is 9.81. The van der Waals surface area contributed by atoms with E-state index in [-0.39, 0.29) is 28.4 Å². The number of nitriles is 1. The molecule has 36 heavy (non-hydrogen) atoms. The molecule has 188 valence electrons. The van der Waals surface area contributed by atoms with Gasteiger partial charge in [0, 0.05) is 5.69 Å². The second kappa shape index (κ2) is 10.6. The van der Waals surface area contributed by atoms with Gasteiger partial charge in [-0.3, -0.25) is 4.90 Å². The molecule has 2 aromatic carbocycles. The molecule has 0 saturated heterocycles. The van der Waals surface area contributed by atoms with Gasteiger partial charge in [-0.15, -0.1) is 0 Å². The highest BCUT2D eigenvalue weighted by molar-refractivity contribution is 6.20. The summed E-state index contributed by atoms with van der Waals surface area (Å²) in [4.78, 5) is 27.0. The van der Waals surface area contributed by atoms with Gasteiger partial charge in [-0.1, -0.05) is 41.9 Å². The van der Waals surface area contributed by atoms with E-state index in [1.807, 2.05) is 6.07 Å². The Kier molecular flexibility index (Phi) is 7.80. The van der Waals surface area contributed by atoms with Crippen LogP contribution in [0.5, 0.6) is 5.75 Å². The smallest absolute Gasteiger partial charge is 0.444 e. The molecule has 2 N–H and O–H groups in total. The van der Waals surface area contributed by atoms with Gasteiger partial charge in [0.25, 0.3) is 5.63 Å². The molecular formula is C24H19ClF3N3O5. The van der Waals surface area contributed by atoms with Gasteiger partial charge in [-0.2, -0.15) is 14.0 Å². The third-order valence-electron chi connectivity index (χ3n) is 5.21. The number of nitrogens with zero attached hydrogens (tertiary/aromatic N) is 2. The van der Waals surface area contributed by atoms with Crippen LogP contribution in [0, 0.1) is 11.3 Å². The number of anilines is 1. The number of hydrogen-bond donors (Lipinski definition) is 1. The number of benzene rings is 2. The Morgan fingerprint density at radius 3 is 2.17 bits per heavy atom. The van der Waals surface area contributed by atoms with Gasteiger partial charge in [0.15, 0.2) is 0 Å². The van der Waals surface area contributed by atoms with Gasteiger partial charge in [-0.05, 0) is 29.8 Å². The molecule has 0 spiro atoms. The number of methoxy groups -OCH3 is 2. The molecular weight excluding hydrogens is 503 g/mol. The van der Waals surface area contributed by atoms with E-state index in [0.717, 1.165) is 31.3 Å². The Labute approximate surface area is 208 Å². The summed E-state index contributed by atoms with van der Waals surface area (Å²) in [5.74, 6) is -3.65. The van der Waals surface area contributed by atoms with E-state index in [4.69, 9.17) is 26.8 Å². The molecule has 0 saturated carbocycles. The minimum Gasteiger partial charge on any atom is -0.466 e. The zero-order valence-electron chi connectivity index (χ0n) is 18.9. The van der Waals surface area contributed by atoms with E-state index in [1.165, 1.54) is 12.1 Å². The average molecular weight is 522 g/mol. The van der Waals surface area contributed by atoms with Crippen molar-refractivity contribution in [1.82, 2.24) is 0 Å². The van der Waals surface area contributed by atoms with Crippen molar-refractivity contribution >= 4 is 29.2 Å². The summed E-state index contributed by atoms with van der Waals surface area (Å²) < 4.78 is 54.1. The van der Waals surface area contributed by atoms with Crippen molar-refractivity contribution in [2.75, 3.05) is 19.1 Å². The van der Waals surface area contributed by atoms with Crippen LogP contribution in [0.3, 0.4) is 0 Å². The van der Waals surface area contributed by atoms with Crippen molar-refractivity contribution in [3.05, 3.63) is 82.8 Å². The predicted molar refractivity (Wildman–Crippen MR) is 122 cm³/mol. The quantitative estimate of drug-likeness (QED) is 0.428. The lowest BCUT2D eigenvalue weighted by Gasteiger charge is -2.36. The standard InChI is InChI=1S/C24H19ClF3N3O5/c1-34-21(32)18-17(13-6-4-3-5-7-13)16(12-29)20(30)31(19(18)22(33)35-2)14-8-10-15(11-9-14)36-24(27,28)23(25)26/h3-11,17,23H,30H2,1-2H3. The van der Waals surface area contributed by atoms with E-state index >= 15 is 0 Å². The first-order valence-corrected chi connectivity index (χ1v) is 10.6. The van der Waals surface area contributed by atoms with Crippen molar-refractivity contribution in [2.45, 2.75) is 17.7 Å². The maximum Gasteiger partial charge on any atom is 0.444 e. The second-order valence-corrected chi connectivity index (χ2v) is 7.68. The Morgan fingerprint density at radius 1 is 1.08 bits per heavy atom. The van der Waals surface area contributed by atoms with Gasteiger partial charge in [0.2, 0.25) is 0 Å². The third-order valence-corrected chi connectivity index (χ3v) is 5.47. The number of rotatable bonds is 7. The first-order valence-electron chi connectivity index (χ1n) is 10.2. The minimum absolute atomic E-state index is 0.0758. The maximum atomic E-state index is 13.5. The lowest BCUT2D eigenvalue weighted by molar-refractivity contribution is -0.199. The van der Waals surface area contributed by atoms with E-state index in [9.17, 15) is 28.0 Å². The fraction of sp³-hybridized carbons (Fsp3) is 0.208. The summed E-state index contributed by atoms with van der Waals surface area (Å²) >= 11 is 4.81. The molecule has 2 aromatic rings. The van der Waals surface area contributed by atoms with E-state index in [0.29, 0.717) is 5.56 Å². The Bertz CT molecular complexity index is 1260. The number of hydrogen-bond acceptors (Lipinski definition) is 8. The molecule has 0 radical (unpaired) electrons. The highest BCUT2D eigenvalue weighted by Crippen LogP contribution is 2.43. The van der Waals surface area contributed by atoms with Crippen LogP contribution in [0.1, 0.15) is 11.5 Å². The summed E-state index contributed by atoms with van der Waals surface area (Å²) in [5.41, 5.74) is 3.13. The zero-order valence-corrected chi connectivity index (χ0v) is 19.6.